The summed E-state index contributed by atoms with van der Waals surface area (Å²) >= 11 is 3.41. The van der Waals surface area contributed by atoms with Crippen molar-refractivity contribution in [3.63, 3.8) is 0 Å². The summed E-state index contributed by atoms with van der Waals surface area (Å²) in [6, 6.07) is 15.5. The van der Waals surface area contributed by atoms with Crippen LogP contribution in [0.3, 0.4) is 0 Å². The van der Waals surface area contributed by atoms with Gasteiger partial charge in [-0.15, -0.1) is 0 Å². The van der Waals surface area contributed by atoms with Crippen LogP contribution in [0.15, 0.2) is 53.0 Å². The SMILES string of the molecule is Cc1ccc(-c2cc(-c3ccc(Br)cc3)n[nH]2)c(O)c1. The lowest BCUT2D eigenvalue weighted by atomic mass is 10.1. The first-order valence-electron chi connectivity index (χ1n) is 6.25. The molecule has 0 unspecified atom stereocenters. The molecule has 0 atom stereocenters. The third-order valence-corrected chi connectivity index (χ3v) is 3.69. The molecule has 0 amide bonds. The number of halogens is 1. The number of aromatic amines is 1. The van der Waals surface area contributed by atoms with Crippen LogP contribution in [0.1, 0.15) is 5.56 Å². The molecule has 0 aliphatic carbocycles. The number of phenols is 1. The summed E-state index contributed by atoms with van der Waals surface area (Å²) in [4.78, 5) is 0. The first-order chi connectivity index (χ1) is 9.63. The quantitative estimate of drug-likeness (QED) is 0.726. The van der Waals surface area contributed by atoms with E-state index in [2.05, 4.69) is 26.1 Å². The molecule has 2 N–H and O–H groups in total. The van der Waals surface area contributed by atoms with Crippen molar-refractivity contribution in [2.24, 2.45) is 0 Å². The summed E-state index contributed by atoms with van der Waals surface area (Å²) in [6.45, 7) is 1.95. The molecule has 0 fully saturated rings. The van der Waals surface area contributed by atoms with Gasteiger partial charge in [-0.25, -0.2) is 0 Å². The average Bonchev–Trinajstić information content (AvgIpc) is 2.89. The van der Waals surface area contributed by atoms with E-state index in [9.17, 15) is 5.11 Å². The molecule has 0 bridgehead atoms. The van der Waals surface area contributed by atoms with E-state index in [1.165, 1.54) is 0 Å². The number of hydrogen-bond acceptors (Lipinski definition) is 2. The molecule has 0 saturated carbocycles. The standard InChI is InChI=1S/C16H13BrN2O/c1-10-2-7-13(16(20)8-10)15-9-14(18-19-15)11-3-5-12(17)6-4-11/h2-9,20H,1H3,(H,18,19). The second-order valence-electron chi connectivity index (χ2n) is 4.69. The molecule has 0 saturated heterocycles. The van der Waals surface area contributed by atoms with E-state index < -0.39 is 0 Å². The summed E-state index contributed by atoms with van der Waals surface area (Å²) in [5, 5.41) is 17.3. The van der Waals surface area contributed by atoms with Crippen molar-refractivity contribution in [2.75, 3.05) is 0 Å². The Morgan fingerprint density at radius 3 is 2.50 bits per heavy atom. The first-order valence-corrected chi connectivity index (χ1v) is 7.04. The van der Waals surface area contributed by atoms with Crippen LogP contribution in [0.4, 0.5) is 0 Å². The van der Waals surface area contributed by atoms with Gasteiger partial charge in [0.1, 0.15) is 5.75 Å². The number of phenolic OH excluding ortho intramolecular Hbond substituents is 1. The lowest BCUT2D eigenvalue weighted by molar-refractivity contribution is 0.476. The Morgan fingerprint density at radius 2 is 1.80 bits per heavy atom. The summed E-state index contributed by atoms with van der Waals surface area (Å²) < 4.78 is 1.04. The Morgan fingerprint density at radius 1 is 1.05 bits per heavy atom. The maximum Gasteiger partial charge on any atom is 0.125 e. The van der Waals surface area contributed by atoms with Crippen molar-refractivity contribution >= 4 is 15.9 Å². The number of benzene rings is 2. The van der Waals surface area contributed by atoms with E-state index >= 15 is 0 Å². The minimum Gasteiger partial charge on any atom is -0.507 e. The summed E-state index contributed by atoms with van der Waals surface area (Å²) in [7, 11) is 0. The molecule has 1 heterocycles. The minimum absolute atomic E-state index is 0.260. The molecule has 1 aromatic heterocycles. The number of rotatable bonds is 2. The normalized spacial score (nSPS) is 10.7. The molecule has 3 rings (SSSR count). The van der Waals surface area contributed by atoms with Crippen molar-refractivity contribution in [1.29, 1.82) is 0 Å². The molecule has 3 aromatic rings. The molecule has 4 heteroatoms. The summed E-state index contributed by atoms with van der Waals surface area (Å²) in [6.07, 6.45) is 0. The van der Waals surface area contributed by atoms with Crippen LogP contribution in [0.2, 0.25) is 0 Å². The van der Waals surface area contributed by atoms with Gasteiger partial charge in [-0.3, -0.25) is 5.10 Å². The predicted octanol–water partition coefficient (Wildman–Crippen LogP) is 4.52. The third-order valence-electron chi connectivity index (χ3n) is 3.16. The maximum absolute atomic E-state index is 10.0. The van der Waals surface area contributed by atoms with E-state index in [0.29, 0.717) is 0 Å². The highest BCUT2D eigenvalue weighted by atomic mass is 79.9. The molecule has 0 aliphatic rings. The smallest absolute Gasteiger partial charge is 0.125 e. The molecule has 0 spiro atoms. The fraction of sp³-hybridized carbons (Fsp3) is 0.0625. The maximum atomic E-state index is 10.0. The van der Waals surface area contributed by atoms with Gasteiger partial charge < -0.3 is 5.11 Å². The fourth-order valence-corrected chi connectivity index (χ4v) is 2.36. The van der Waals surface area contributed by atoms with Gasteiger partial charge >= 0.3 is 0 Å². The monoisotopic (exact) mass is 328 g/mol. The number of aromatic hydroxyl groups is 1. The van der Waals surface area contributed by atoms with Crippen molar-refractivity contribution in [3.05, 3.63) is 58.6 Å². The van der Waals surface area contributed by atoms with Crippen molar-refractivity contribution in [3.8, 4) is 28.3 Å². The van der Waals surface area contributed by atoms with Crippen LogP contribution >= 0.6 is 15.9 Å². The predicted molar refractivity (Wildman–Crippen MR) is 83.6 cm³/mol. The number of hydrogen-bond donors (Lipinski definition) is 2. The minimum atomic E-state index is 0.260. The molecule has 0 radical (unpaired) electrons. The van der Waals surface area contributed by atoms with E-state index in [1.54, 1.807) is 6.07 Å². The average molecular weight is 329 g/mol. The highest BCUT2D eigenvalue weighted by Crippen LogP contribution is 2.31. The van der Waals surface area contributed by atoms with Crippen molar-refractivity contribution in [1.82, 2.24) is 10.2 Å². The zero-order valence-corrected chi connectivity index (χ0v) is 12.5. The number of nitrogens with zero attached hydrogens (tertiary/aromatic N) is 1. The topological polar surface area (TPSA) is 48.9 Å². The van der Waals surface area contributed by atoms with Gasteiger partial charge in [-0.2, -0.15) is 5.10 Å². The Bertz CT molecular complexity index is 747. The highest BCUT2D eigenvalue weighted by Gasteiger charge is 2.09. The van der Waals surface area contributed by atoms with Gasteiger partial charge in [0.05, 0.1) is 11.4 Å². The Kier molecular flexibility index (Phi) is 3.32. The van der Waals surface area contributed by atoms with Crippen molar-refractivity contribution in [2.45, 2.75) is 6.92 Å². The summed E-state index contributed by atoms with van der Waals surface area (Å²) in [5.41, 5.74) is 4.47. The van der Waals surface area contributed by atoms with E-state index in [1.807, 2.05) is 49.4 Å². The number of aromatic nitrogens is 2. The number of H-pyrrole nitrogens is 1. The molecule has 0 aliphatic heterocycles. The van der Waals surface area contributed by atoms with Gasteiger partial charge in [-0.1, -0.05) is 34.1 Å². The van der Waals surface area contributed by atoms with E-state index in [4.69, 9.17) is 0 Å². The van der Waals surface area contributed by atoms with Gasteiger partial charge in [0.2, 0.25) is 0 Å². The zero-order chi connectivity index (χ0) is 14.1. The highest BCUT2D eigenvalue weighted by molar-refractivity contribution is 9.10. The zero-order valence-electron chi connectivity index (χ0n) is 10.9. The van der Waals surface area contributed by atoms with Crippen LogP contribution in [-0.2, 0) is 0 Å². The van der Waals surface area contributed by atoms with Crippen LogP contribution in [0, 0.1) is 6.92 Å². The number of aryl methyl sites for hydroxylation is 1. The van der Waals surface area contributed by atoms with Gasteiger partial charge in [0, 0.05) is 15.6 Å². The molecule has 20 heavy (non-hydrogen) atoms. The largest absolute Gasteiger partial charge is 0.507 e. The third kappa shape index (κ3) is 2.47. The lowest BCUT2D eigenvalue weighted by Gasteiger charge is -2.02. The van der Waals surface area contributed by atoms with Crippen LogP contribution in [0.5, 0.6) is 5.75 Å². The first kappa shape index (κ1) is 12.9. The van der Waals surface area contributed by atoms with Gasteiger partial charge in [0.25, 0.3) is 0 Å². The second-order valence-corrected chi connectivity index (χ2v) is 5.61. The summed E-state index contributed by atoms with van der Waals surface area (Å²) in [5.74, 6) is 0.260. The second kappa shape index (κ2) is 5.13. The van der Waals surface area contributed by atoms with Crippen LogP contribution < -0.4 is 0 Å². The molecule has 100 valence electrons. The van der Waals surface area contributed by atoms with Crippen molar-refractivity contribution < 1.29 is 5.11 Å². The Labute approximate surface area is 125 Å². The fourth-order valence-electron chi connectivity index (χ4n) is 2.10. The molecule has 2 aromatic carbocycles. The van der Waals surface area contributed by atoms with E-state index in [-0.39, 0.29) is 5.75 Å². The lowest BCUT2D eigenvalue weighted by Crippen LogP contribution is -1.80. The number of nitrogens with one attached hydrogen (secondary N) is 1. The molecular formula is C16H13BrN2O. The van der Waals surface area contributed by atoms with Gasteiger partial charge in [0.15, 0.2) is 0 Å². The Balaban J connectivity index is 1.99. The van der Waals surface area contributed by atoms with Crippen LogP contribution in [0.25, 0.3) is 22.5 Å². The van der Waals surface area contributed by atoms with E-state index in [0.717, 1.165) is 32.6 Å². The molecular weight excluding hydrogens is 316 g/mol. The van der Waals surface area contributed by atoms with Gasteiger partial charge in [-0.05, 0) is 42.8 Å². The Hall–Kier alpha value is -2.07. The van der Waals surface area contributed by atoms with Crippen LogP contribution in [-0.4, -0.2) is 15.3 Å². The molecule has 3 nitrogen and oxygen atoms in total.